The molecule has 32 heavy (non-hydrogen) atoms. The fourth-order valence-electron chi connectivity index (χ4n) is 3.63. The number of thiazole rings is 1. The van der Waals surface area contributed by atoms with Crippen LogP contribution in [0.5, 0.6) is 5.75 Å². The molecule has 0 spiro atoms. The molecule has 1 fully saturated rings. The number of benzene rings is 2. The summed E-state index contributed by atoms with van der Waals surface area (Å²) in [7, 11) is 0. The van der Waals surface area contributed by atoms with Crippen LogP contribution < -0.4 is 10.1 Å². The lowest BCUT2D eigenvalue weighted by Crippen LogP contribution is -2.57. The van der Waals surface area contributed by atoms with Gasteiger partial charge in [0.1, 0.15) is 23.3 Å². The molecule has 2 atom stereocenters. The molecule has 1 aliphatic heterocycles. The Balaban J connectivity index is 1.35. The number of anilines is 1. The molecule has 1 aromatic heterocycles. The molecule has 0 unspecified atom stereocenters. The summed E-state index contributed by atoms with van der Waals surface area (Å²) >= 11 is 1.38. The van der Waals surface area contributed by atoms with E-state index < -0.39 is 17.5 Å². The molecule has 0 aliphatic carbocycles. The summed E-state index contributed by atoms with van der Waals surface area (Å²) < 4.78 is 19.4. The van der Waals surface area contributed by atoms with Crippen molar-refractivity contribution in [3.05, 3.63) is 65.3 Å². The van der Waals surface area contributed by atoms with E-state index in [4.69, 9.17) is 4.74 Å². The Labute approximate surface area is 190 Å². The second kappa shape index (κ2) is 9.36. The van der Waals surface area contributed by atoms with Crippen molar-refractivity contribution in [3.63, 3.8) is 0 Å². The summed E-state index contributed by atoms with van der Waals surface area (Å²) in [6.07, 6.45) is -0.145. The number of halogens is 1. The zero-order chi connectivity index (χ0) is 22.7. The Morgan fingerprint density at radius 1 is 1.34 bits per heavy atom. The monoisotopic (exact) mass is 455 g/mol. The van der Waals surface area contributed by atoms with Gasteiger partial charge in [-0.1, -0.05) is 35.9 Å². The second-order valence-corrected chi connectivity index (χ2v) is 9.22. The summed E-state index contributed by atoms with van der Waals surface area (Å²) in [5, 5.41) is 16.0. The Bertz CT molecular complexity index is 1080. The molecule has 0 radical (unpaired) electrons. The minimum absolute atomic E-state index is 0.151. The molecule has 2 heterocycles. The largest absolute Gasteiger partial charge is 0.486 e. The van der Waals surface area contributed by atoms with E-state index in [1.165, 1.54) is 29.0 Å². The molecule has 3 aromatic rings. The lowest BCUT2D eigenvalue weighted by molar-refractivity contribution is -0.122. The molecule has 8 heteroatoms. The van der Waals surface area contributed by atoms with Crippen LogP contribution in [0, 0.1) is 12.7 Å². The topological polar surface area (TPSA) is 74.7 Å². The summed E-state index contributed by atoms with van der Waals surface area (Å²) in [6.45, 7) is 4.79. The van der Waals surface area contributed by atoms with Crippen molar-refractivity contribution in [2.75, 3.05) is 25.0 Å². The van der Waals surface area contributed by atoms with E-state index in [-0.39, 0.29) is 12.5 Å². The van der Waals surface area contributed by atoms with Crippen LogP contribution in [0.4, 0.5) is 9.52 Å². The zero-order valence-electron chi connectivity index (χ0n) is 18.0. The predicted molar refractivity (Wildman–Crippen MR) is 123 cm³/mol. The molecule has 168 valence electrons. The van der Waals surface area contributed by atoms with Crippen LogP contribution in [0.1, 0.15) is 18.9 Å². The third-order valence-electron chi connectivity index (χ3n) is 5.59. The number of aryl methyl sites for hydroxylation is 1. The predicted octanol–water partition coefficient (Wildman–Crippen LogP) is 4.10. The third kappa shape index (κ3) is 5.51. The zero-order valence-corrected chi connectivity index (χ0v) is 18.9. The van der Waals surface area contributed by atoms with Crippen LogP contribution in [0.2, 0.25) is 0 Å². The highest BCUT2D eigenvalue weighted by molar-refractivity contribution is 7.14. The number of carbonyl (C=O) groups excluding carboxylic acids is 1. The molecule has 0 bridgehead atoms. The van der Waals surface area contributed by atoms with Crippen LogP contribution in [-0.2, 0) is 4.79 Å². The second-order valence-electron chi connectivity index (χ2n) is 8.36. The van der Waals surface area contributed by atoms with Gasteiger partial charge in [0.2, 0.25) is 5.91 Å². The normalized spacial score (nSPS) is 21.3. The van der Waals surface area contributed by atoms with E-state index in [2.05, 4.69) is 10.3 Å². The minimum Gasteiger partial charge on any atom is -0.486 e. The third-order valence-corrected chi connectivity index (χ3v) is 6.35. The summed E-state index contributed by atoms with van der Waals surface area (Å²) in [5.41, 5.74) is 1.93. The van der Waals surface area contributed by atoms with Crippen LogP contribution in [0.3, 0.4) is 0 Å². The quantitative estimate of drug-likeness (QED) is 0.585. The van der Waals surface area contributed by atoms with Crippen LogP contribution in [0.15, 0.2) is 53.9 Å². The lowest BCUT2D eigenvalue weighted by Gasteiger charge is -2.42. The minimum atomic E-state index is -1.07. The molecule has 2 aromatic carbocycles. The number of amides is 1. The number of hydrogen-bond acceptors (Lipinski definition) is 6. The number of nitrogens with zero attached hydrogens (tertiary/aromatic N) is 2. The molecule has 6 nitrogen and oxygen atoms in total. The molecule has 1 amide bonds. The fraction of sp³-hybridized carbons (Fsp3) is 0.333. The highest BCUT2D eigenvalue weighted by atomic mass is 32.1. The van der Waals surface area contributed by atoms with Crippen LogP contribution in [0.25, 0.3) is 11.3 Å². The van der Waals surface area contributed by atoms with Gasteiger partial charge in [0.15, 0.2) is 5.13 Å². The summed E-state index contributed by atoms with van der Waals surface area (Å²) in [6, 6.07) is 13.9. The van der Waals surface area contributed by atoms with Crippen LogP contribution >= 0.6 is 11.3 Å². The van der Waals surface area contributed by atoms with Gasteiger partial charge in [0.05, 0.1) is 12.2 Å². The maximum Gasteiger partial charge on any atom is 0.240 e. The number of rotatable bonds is 6. The summed E-state index contributed by atoms with van der Waals surface area (Å²) in [4.78, 5) is 19.0. The lowest BCUT2D eigenvalue weighted by atomic mass is 9.90. The van der Waals surface area contributed by atoms with Gasteiger partial charge in [-0.25, -0.2) is 9.37 Å². The maximum atomic E-state index is 13.5. The highest BCUT2D eigenvalue weighted by Crippen LogP contribution is 2.28. The van der Waals surface area contributed by atoms with Crippen molar-refractivity contribution in [2.24, 2.45) is 0 Å². The van der Waals surface area contributed by atoms with Gasteiger partial charge in [0, 0.05) is 30.1 Å². The van der Waals surface area contributed by atoms with Crippen LogP contribution in [-0.4, -0.2) is 52.2 Å². The van der Waals surface area contributed by atoms with Crippen molar-refractivity contribution in [1.29, 1.82) is 0 Å². The number of hydrogen-bond donors (Lipinski definition) is 2. The Hall–Kier alpha value is -2.81. The fourth-order valence-corrected chi connectivity index (χ4v) is 4.37. The van der Waals surface area contributed by atoms with Crippen molar-refractivity contribution < 1.29 is 19.0 Å². The first-order valence-electron chi connectivity index (χ1n) is 10.5. The van der Waals surface area contributed by atoms with E-state index in [1.54, 1.807) is 19.1 Å². The highest BCUT2D eigenvalue weighted by Gasteiger charge is 2.40. The molecule has 2 N–H and O–H groups in total. The van der Waals surface area contributed by atoms with Gasteiger partial charge in [0.25, 0.3) is 0 Å². The van der Waals surface area contributed by atoms with Gasteiger partial charge in [-0.2, -0.15) is 0 Å². The number of likely N-dealkylation sites (tertiary alicyclic amines) is 1. The number of aromatic nitrogens is 1. The maximum absolute atomic E-state index is 13.5. The first-order chi connectivity index (χ1) is 15.3. The molecule has 1 aliphatic rings. The SMILES string of the molecule is Cc1ccc(-c2csc(NC(=O)CN3CC[C@](C)(O)[C@@H](Oc4cccc(F)c4)C3)n2)cc1. The summed E-state index contributed by atoms with van der Waals surface area (Å²) in [5.74, 6) is -0.225. The molecular weight excluding hydrogens is 429 g/mol. The number of ether oxygens (including phenoxy) is 1. The molecule has 0 saturated carbocycles. The number of carbonyl (C=O) groups is 1. The Kier molecular flexibility index (Phi) is 6.55. The Morgan fingerprint density at radius 2 is 2.12 bits per heavy atom. The molecular formula is C24H26FN3O3S. The van der Waals surface area contributed by atoms with Crippen molar-refractivity contribution >= 4 is 22.4 Å². The van der Waals surface area contributed by atoms with E-state index in [0.717, 1.165) is 11.3 Å². The van der Waals surface area contributed by atoms with Crippen molar-refractivity contribution in [3.8, 4) is 17.0 Å². The number of piperidine rings is 1. The van der Waals surface area contributed by atoms with Crippen molar-refractivity contribution in [1.82, 2.24) is 9.88 Å². The van der Waals surface area contributed by atoms with E-state index >= 15 is 0 Å². The first-order valence-corrected chi connectivity index (χ1v) is 11.4. The van der Waals surface area contributed by atoms with E-state index in [0.29, 0.717) is 30.4 Å². The number of nitrogens with one attached hydrogen (secondary N) is 1. The van der Waals surface area contributed by atoms with Gasteiger partial charge < -0.3 is 15.2 Å². The Morgan fingerprint density at radius 3 is 2.88 bits per heavy atom. The average Bonchev–Trinajstić information content (AvgIpc) is 3.19. The van der Waals surface area contributed by atoms with Crippen molar-refractivity contribution in [2.45, 2.75) is 32.0 Å². The van der Waals surface area contributed by atoms with Gasteiger partial charge in [-0.15, -0.1) is 11.3 Å². The number of aliphatic hydroxyl groups is 1. The first kappa shape index (κ1) is 22.4. The molecule has 4 rings (SSSR count). The average molecular weight is 456 g/mol. The van der Waals surface area contributed by atoms with Gasteiger partial charge >= 0.3 is 0 Å². The van der Waals surface area contributed by atoms with E-state index in [9.17, 15) is 14.3 Å². The molecule has 1 saturated heterocycles. The standard InChI is InChI=1S/C24H26FN3O3S/c1-16-6-8-17(9-7-16)20-15-32-23(26-20)27-22(29)14-28-11-10-24(2,30)21(13-28)31-19-5-3-4-18(25)12-19/h3-9,12,15,21,30H,10-11,13-14H2,1-2H3,(H,26,27,29)/t21-,24-/m0/s1. The smallest absolute Gasteiger partial charge is 0.240 e. The van der Waals surface area contributed by atoms with Gasteiger partial charge in [-0.05, 0) is 32.4 Å². The van der Waals surface area contributed by atoms with Gasteiger partial charge in [-0.3, -0.25) is 9.69 Å². The van der Waals surface area contributed by atoms with E-state index in [1.807, 2.05) is 41.5 Å².